The molecule has 1 aromatic rings. The molecule has 0 saturated heterocycles. The van der Waals surface area contributed by atoms with Gasteiger partial charge in [0.05, 0.1) is 19.1 Å². The van der Waals surface area contributed by atoms with Crippen molar-refractivity contribution in [3.8, 4) is 0 Å². The van der Waals surface area contributed by atoms with E-state index < -0.39 is 5.92 Å². The van der Waals surface area contributed by atoms with E-state index in [1.165, 1.54) is 9.80 Å². The number of methoxy groups -OCH3 is 1. The molecule has 6 nitrogen and oxygen atoms in total. The summed E-state index contributed by atoms with van der Waals surface area (Å²) in [5, 5.41) is 0. The molecular weight excluding hydrogens is 282 g/mol. The predicted molar refractivity (Wildman–Crippen MR) is 85.4 cm³/mol. The Morgan fingerprint density at radius 1 is 1.23 bits per heavy atom. The molecule has 2 amide bonds. The maximum atomic E-state index is 12.8. The van der Waals surface area contributed by atoms with Gasteiger partial charge in [0, 0.05) is 34.3 Å². The fraction of sp³-hybridized carbons (Fsp3) is 0.500. The molecule has 0 fully saturated rings. The average Bonchev–Trinajstić information content (AvgIpc) is 2.52. The first-order valence-electron chi connectivity index (χ1n) is 7.24. The molecule has 0 aliphatic heterocycles. The average molecular weight is 307 g/mol. The fourth-order valence-corrected chi connectivity index (χ4v) is 2.06. The van der Waals surface area contributed by atoms with Gasteiger partial charge in [-0.25, -0.2) is 0 Å². The normalized spacial score (nSPS) is 11.8. The van der Waals surface area contributed by atoms with Crippen LogP contribution in [0.25, 0.3) is 0 Å². The monoisotopic (exact) mass is 307 g/mol. The van der Waals surface area contributed by atoms with Crippen molar-refractivity contribution >= 4 is 11.8 Å². The molecule has 2 N–H and O–H groups in total. The Hall–Kier alpha value is -1.92. The third-order valence-electron chi connectivity index (χ3n) is 3.44. The summed E-state index contributed by atoms with van der Waals surface area (Å²) in [4.78, 5) is 27.7. The number of likely N-dealkylation sites (N-methyl/N-ethyl adjacent to an activating group) is 1. The van der Waals surface area contributed by atoms with Crippen LogP contribution < -0.4 is 5.73 Å². The Morgan fingerprint density at radius 3 is 2.36 bits per heavy atom. The zero-order valence-electron chi connectivity index (χ0n) is 13.5. The third kappa shape index (κ3) is 5.13. The molecule has 1 rings (SSSR count). The van der Waals surface area contributed by atoms with Crippen LogP contribution in [0.1, 0.15) is 11.5 Å². The number of ether oxygens (including phenoxy) is 1. The first-order valence-corrected chi connectivity index (χ1v) is 7.24. The number of nitrogens with zero attached hydrogens (tertiary/aromatic N) is 2. The van der Waals surface area contributed by atoms with Gasteiger partial charge in [0.2, 0.25) is 11.8 Å². The summed E-state index contributed by atoms with van der Waals surface area (Å²) >= 11 is 0. The molecule has 1 atom stereocenters. The number of nitrogens with two attached hydrogens (primary N) is 1. The maximum absolute atomic E-state index is 12.8. The van der Waals surface area contributed by atoms with Crippen molar-refractivity contribution < 1.29 is 14.3 Å². The fourth-order valence-electron chi connectivity index (χ4n) is 2.06. The largest absolute Gasteiger partial charge is 0.383 e. The van der Waals surface area contributed by atoms with Crippen molar-refractivity contribution in [2.24, 2.45) is 5.73 Å². The molecule has 0 aliphatic rings. The van der Waals surface area contributed by atoms with Gasteiger partial charge in [-0.2, -0.15) is 0 Å². The van der Waals surface area contributed by atoms with Crippen LogP contribution in [0.2, 0.25) is 0 Å². The molecule has 1 unspecified atom stereocenters. The number of hydrogen-bond donors (Lipinski definition) is 1. The summed E-state index contributed by atoms with van der Waals surface area (Å²) in [7, 11) is 4.89. The topological polar surface area (TPSA) is 75.9 Å². The minimum absolute atomic E-state index is 0.0263. The highest BCUT2D eigenvalue weighted by Gasteiger charge is 2.26. The Balaban J connectivity index is 2.90. The summed E-state index contributed by atoms with van der Waals surface area (Å²) in [6, 6.07) is 9.38. The van der Waals surface area contributed by atoms with Crippen LogP contribution in [-0.2, 0) is 14.3 Å². The minimum atomic E-state index is -0.451. The van der Waals surface area contributed by atoms with Crippen molar-refractivity contribution in [1.82, 2.24) is 9.80 Å². The molecule has 0 aliphatic carbocycles. The summed E-state index contributed by atoms with van der Waals surface area (Å²) in [6.07, 6.45) is 0. The second kappa shape index (κ2) is 9.17. The lowest BCUT2D eigenvalue weighted by atomic mass is 9.97. The molecule has 122 valence electrons. The molecule has 22 heavy (non-hydrogen) atoms. The quantitative estimate of drug-likeness (QED) is 0.749. The second-order valence-electron chi connectivity index (χ2n) is 5.24. The Bertz CT molecular complexity index is 477. The molecular formula is C16H25N3O3. The first-order chi connectivity index (χ1) is 10.5. The Morgan fingerprint density at radius 2 is 1.86 bits per heavy atom. The number of carbonyl (C=O) groups excluding carboxylic acids is 2. The van der Waals surface area contributed by atoms with E-state index in [-0.39, 0.29) is 24.9 Å². The van der Waals surface area contributed by atoms with E-state index in [0.29, 0.717) is 13.2 Å². The van der Waals surface area contributed by atoms with Crippen LogP contribution in [0, 0.1) is 0 Å². The van der Waals surface area contributed by atoms with Gasteiger partial charge in [-0.1, -0.05) is 30.3 Å². The number of hydrogen-bond acceptors (Lipinski definition) is 4. The highest BCUT2D eigenvalue weighted by atomic mass is 16.5. The number of rotatable bonds is 8. The molecule has 0 heterocycles. The summed E-state index contributed by atoms with van der Waals surface area (Å²) in [5.41, 5.74) is 6.64. The van der Waals surface area contributed by atoms with E-state index in [2.05, 4.69) is 0 Å². The standard InChI is InChI=1S/C16H25N3O3/c1-18(2)15(20)12-19(9-10-22-3)16(21)14(11-17)13-7-5-4-6-8-13/h4-8,14H,9-12,17H2,1-3H3. The van der Waals surface area contributed by atoms with Gasteiger partial charge in [0.25, 0.3) is 0 Å². The lowest BCUT2D eigenvalue weighted by Gasteiger charge is -2.27. The number of carbonyl (C=O) groups is 2. The predicted octanol–water partition coefficient (Wildman–Crippen LogP) is 0.292. The van der Waals surface area contributed by atoms with Crippen LogP contribution >= 0.6 is 0 Å². The highest BCUT2D eigenvalue weighted by Crippen LogP contribution is 2.17. The Kier molecular flexibility index (Phi) is 7.56. The van der Waals surface area contributed by atoms with Crippen molar-refractivity contribution in [3.05, 3.63) is 35.9 Å². The van der Waals surface area contributed by atoms with Crippen LogP contribution in [-0.4, -0.2) is 69.1 Å². The van der Waals surface area contributed by atoms with Crippen LogP contribution in [0.15, 0.2) is 30.3 Å². The molecule has 0 saturated carbocycles. The van der Waals surface area contributed by atoms with Gasteiger partial charge < -0.3 is 20.3 Å². The lowest BCUT2D eigenvalue weighted by molar-refractivity contribution is -0.140. The van der Waals surface area contributed by atoms with Crippen molar-refractivity contribution in [2.75, 3.05) is 47.4 Å². The molecule has 1 aromatic carbocycles. The van der Waals surface area contributed by atoms with Crippen molar-refractivity contribution in [3.63, 3.8) is 0 Å². The Labute approximate surface area is 131 Å². The van der Waals surface area contributed by atoms with Crippen molar-refractivity contribution in [2.45, 2.75) is 5.92 Å². The smallest absolute Gasteiger partial charge is 0.241 e. The van der Waals surface area contributed by atoms with Crippen molar-refractivity contribution in [1.29, 1.82) is 0 Å². The lowest BCUT2D eigenvalue weighted by Crippen LogP contribution is -2.45. The maximum Gasteiger partial charge on any atom is 0.241 e. The molecule has 0 radical (unpaired) electrons. The van der Waals surface area contributed by atoms with E-state index in [1.54, 1.807) is 21.2 Å². The molecule has 6 heteroatoms. The minimum Gasteiger partial charge on any atom is -0.383 e. The number of amides is 2. The summed E-state index contributed by atoms with van der Waals surface area (Å²) in [5.74, 6) is -0.734. The van der Waals surface area contributed by atoms with Gasteiger partial charge in [-0.05, 0) is 5.56 Å². The van der Waals surface area contributed by atoms with Gasteiger partial charge in [-0.3, -0.25) is 9.59 Å². The third-order valence-corrected chi connectivity index (χ3v) is 3.44. The van der Waals surface area contributed by atoms with E-state index in [4.69, 9.17) is 10.5 Å². The van der Waals surface area contributed by atoms with Gasteiger partial charge >= 0.3 is 0 Å². The van der Waals surface area contributed by atoms with Crippen LogP contribution in [0.3, 0.4) is 0 Å². The van der Waals surface area contributed by atoms with E-state index in [1.807, 2.05) is 30.3 Å². The zero-order chi connectivity index (χ0) is 16.5. The number of benzene rings is 1. The summed E-state index contributed by atoms with van der Waals surface area (Å²) < 4.78 is 5.03. The SMILES string of the molecule is COCCN(CC(=O)N(C)C)C(=O)C(CN)c1ccccc1. The van der Waals surface area contributed by atoms with Crippen LogP contribution in [0.4, 0.5) is 0 Å². The summed E-state index contributed by atoms with van der Waals surface area (Å²) in [6.45, 7) is 0.956. The second-order valence-corrected chi connectivity index (χ2v) is 5.24. The van der Waals surface area contributed by atoms with Gasteiger partial charge in [0.15, 0.2) is 0 Å². The highest BCUT2D eigenvalue weighted by molar-refractivity contribution is 5.88. The van der Waals surface area contributed by atoms with Crippen LogP contribution in [0.5, 0.6) is 0 Å². The first kappa shape index (κ1) is 18.1. The van der Waals surface area contributed by atoms with Gasteiger partial charge in [0.1, 0.15) is 0 Å². The zero-order valence-corrected chi connectivity index (χ0v) is 13.5. The van der Waals surface area contributed by atoms with E-state index in [0.717, 1.165) is 5.56 Å². The molecule has 0 spiro atoms. The van der Waals surface area contributed by atoms with Gasteiger partial charge in [-0.15, -0.1) is 0 Å². The van der Waals surface area contributed by atoms with E-state index in [9.17, 15) is 9.59 Å². The molecule has 0 bridgehead atoms. The molecule has 0 aromatic heterocycles. The van der Waals surface area contributed by atoms with E-state index >= 15 is 0 Å².